The smallest absolute Gasteiger partial charge is 0.263 e. The topological polar surface area (TPSA) is 101 Å². The zero-order valence-corrected chi connectivity index (χ0v) is 10.8. The number of rotatable bonds is 4. The van der Waals surface area contributed by atoms with Gasteiger partial charge in [0.15, 0.2) is 5.84 Å². The van der Waals surface area contributed by atoms with Crippen molar-refractivity contribution in [3.63, 3.8) is 0 Å². The molecule has 0 aliphatic heterocycles. The van der Waals surface area contributed by atoms with Crippen molar-refractivity contribution in [1.82, 2.24) is 10.3 Å². The average molecular weight is 256 g/mol. The number of hydrogen-bond donors (Lipinski definition) is 3. The predicted octanol–water partition coefficient (Wildman–Crippen LogP) is 0.952. The van der Waals surface area contributed by atoms with Crippen LogP contribution >= 0.6 is 11.3 Å². The lowest BCUT2D eigenvalue weighted by molar-refractivity contribution is 0.0942. The van der Waals surface area contributed by atoms with Gasteiger partial charge in [-0.25, -0.2) is 4.98 Å². The van der Waals surface area contributed by atoms with Crippen molar-refractivity contribution in [2.45, 2.75) is 26.8 Å². The normalized spacial score (nSPS) is 13.8. The van der Waals surface area contributed by atoms with Gasteiger partial charge in [0.25, 0.3) is 5.91 Å². The van der Waals surface area contributed by atoms with Crippen LogP contribution in [0.5, 0.6) is 0 Å². The Morgan fingerprint density at radius 1 is 1.65 bits per heavy atom. The van der Waals surface area contributed by atoms with Crippen molar-refractivity contribution in [1.29, 1.82) is 0 Å². The molecular formula is C10H16N4O2S. The Labute approximate surface area is 104 Å². The SMILES string of the molecule is Cc1ncsc1C(=O)NC(C(N)=NO)C(C)C. The highest BCUT2D eigenvalue weighted by Gasteiger charge is 2.22. The van der Waals surface area contributed by atoms with Gasteiger partial charge in [-0.2, -0.15) is 0 Å². The summed E-state index contributed by atoms with van der Waals surface area (Å²) in [6.07, 6.45) is 0. The molecule has 0 bridgehead atoms. The van der Waals surface area contributed by atoms with E-state index in [4.69, 9.17) is 10.9 Å². The standard InChI is InChI=1S/C10H16N4O2S/c1-5(2)7(9(11)14-16)13-10(15)8-6(3)12-4-17-8/h4-5,7,16H,1-3H3,(H2,11,14)(H,13,15). The fourth-order valence-electron chi connectivity index (χ4n) is 1.37. The molecule has 0 radical (unpaired) electrons. The number of carbonyl (C=O) groups is 1. The molecule has 0 aliphatic rings. The predicted molar refractivity (Wildman–Crippen MR) is 66.4 cm³/mol. The minimum atomic E-state index is -0.492. The van der Waals surface area contributed by atoms with Gasteiger partial charge in [0.2, 0.25) is 0 Å². The summed E-state index contributed by atoms with van der Waals surface area (Å²) in [5, 5.41) is 14.3. The van der Waals surface area contributed by atoms with Crippen LogP contribution in [0.1, 0.15) is 29.2 Å². The number of carbonyl (C=O) groups excluding carboxylic acids is 1. The number of nitrogens with zero attached hydrogens (tertiary/aromatic N) is 2. The summed E-state index contributed by atoms with van der Waals surface area (Å²) in [7, 11) is 0. The first kappa shape index (κ1) is 13.4. The summed E-state index contributed by atoms with van der Waals surface area (Å²) >= 11 is 1.26. The maximum Gasteiger partial charge on any atom is 0.263 e. The first-order valence-corrected chi connectivity index (χ1v) is 6.03. The van der Waals surface area contributed by atoms with E-state index in [2.05, 4.69) is 15.5 Å². The first-order valence-electron chi connectivity index (χ1n) is 5.15. The third-order valence-corrected chi connectivity index (χ3v) is 3.27. The lowest BCUT2D eigenvalue weighted by Crippen LogP contribution is -2.47. The number of nitrogens with two attached hydrogens (primary N) is 1. The summed E-state index contributed by atoms with van der Waals surface area (Å²) < 4.78 is 0. The Hall–Kier alpha value is -1.63. The Kier molecular flexibility index (Phi) is 4.45. The Bertz CT molecular complexity index is 428. The lowest BCUT2D eigenvalue weighted by Gasteiger charge is -2.20. The van der Waals surface area contributed by atoms with Crippen LogP contribution in [0.25, 0.3) is 0 Å². The molecule has 1 aromatic heterocycles. The second-order valence-corrected chi connectivity index (χ2v) is 4.84. The zero-order valence-electron chi connectivity index (χ0n) is 9.97. The molecule has 0 saturated heterocycles. The number of aromatic nitrogens is 1. The second-order valence-electron chi connectivity index (χ2n) is 3.99. The van der Waals surface area contributed by atoms with Crippen molar-refractivity contribution < 1.29 is 10.0 Å². The van der Waals surface area contributed by atoms with E-state index in [-0.39, 0.29) is 17.7 Å². The summed E-state index contributed by atoms with van der Waals surface area (Å²) in [5.41, 5.74) is 7.82. The molecule has 0 aliphatic carbocycles. The van der Waals surface area contributed by atoms with Crippen LogP contribution in [0.3, 0.4) is 0 Å². The van der Waals surface area contributed by atoms with E-state index in [1.54, 1.807) is 12.4 Å². The number of thiazole rings is 1. The maximum absolute atomic E-state index is 11.9. The van der Waals surface area contributed by atoms with Gasteiger partial charge in [0.1, 0.15) is 4.88 Å². The number of oxime groups is 1. The van der Waals surface area contributed by atoms with Crippen molar-refractivity contribution in [2.75, 3.05) is 0 Å². The Morgan fingerprint density at radius 3 is 2.71 bits per heavy atom. The monoisotopic (exact) mass is 256 g/mol. The van der Waals surface area contributed by atoms with Gasteiger partial charge in [-0.15, -0.1) is 11.3 Å². The van der Waals surface area contributed by atoms with Crippen LogP contribution in [-0.2, 0) is 0 Å². The fraction of sp³-hybridized carbons (Fsp3) is 0.500. The van der Waals surface area contributed by atoms with Crippen molar-refractivity contribution >= 4 is 23.1 Å². The lowest BCUT2D eigenvalue weighted by atomic mass is 10.0. The van der Waals surface area contributed by atoms with Gasteiger partial charge >= 0.3 is 0 Å². The van der Waals surface area contributed by atoms with Crippen molar-refractivity contribution in [3.8, 4) is 0 Å². The van der Waals surface area contributed by atoms with Gasteiger partial charge in [-0.1, -0.05) is 19.0 Å². The highest BCUT2D eigenvalue weighted by atomic mass is 32.1. The summed E-state index contributed by atoms with van der Waals surface area (Å²) in [6.45, 7) is 5.52. The minimum Gasteiger partial charge on any atom is -0.409 e. The molecule has 1 amide bonds. The third kappa shape index (κ3) is 3.16. The fourth-order valence-corrected chi connectivity index (χ4v) is 2.08. The molecule has 6 nitrogen and oxygen atoms in total. The van der Waals surface area contributed by atoms with E-state index < -0.39 is 6.04 Å². The van der Waals surface area contributed by atoms with E-state index >= 15 is 0 Å². The molecule has 1 heterocycles. The summed E-state index contributed by atoms with van der Waals surface area (Å²) in [6, 6.07) is -0.492. The largest absolute Gasteiger partial charge is 0.409 e. The molecule has 0 fully saturated rings. The number of nitrogens with one attached hydrogen (secondary N) is 1. The number of amides is 1. The Morgan fingerprint density at radius 2 is 2.29 bits per heavy atom. The van der Waals surface area contributed by atoms with E-state index in [1.807, 2.05) is 13.8 Å². The molecule has 0 spiro atoms. The average Bonchev–Trinajstić information content (AvgIpc) is 2.70. The van der Waals surface area contributed by atoms with Gasteiger partial charge in [-0.05, 0) is 12.8 Å². The molecule has 1 aromatic rings. The van der Waals surface area contributed by atoms with Crippen molar-refractivity contribution in [2.24, 2.45) is 16.8 Å². The van der Waals surface area contributed by atoms with Gasteiger partial charge in [-0.3, -0.25) is 4.79 Å². The first-order chi connectivity index (χ1) is 7.97. The second kappa shape index (κ2) is 5.62. The van der Waals surface area contributed by atoms with Gasteiger partial charge in [0, 0.05) is 0 Å². The van der Waals surface area contributed by atoms with Crippen LogP contribution in [0.15, 0.2) is 10.7 Å². The zero-order chi connectivity index (χ0) is 13.0. The van der Waals surface area contributed by atoms with E-state index in [0.717, 1.165) is 0 Å². The van der Waals surface area contributed by atoms with Crippen molar-refractivity contribution in [3.05, 3.63) is 16.1 Å². The molecule has 0 aromatic carbocycles. The van der Waals surface area contributed by atoms with Crippen LogP contribution < -0.4 is 11.1 Å². The van der Waals surface area contributed by atoms with E-state index in [9.17, 15) is 4.79 Å². The molecule has 1 rings (SSSR count). The highest BCUT2D eigenvalue weighted by molar-refractivity contribution is 7.11. The summed E-state index contributed by atoms with van der Waals surface area (Å²) in [4.78, 5) is 16.5. The molecule has 17 heavy (non-hydrogen) atoms. The summed E-state index contributed by atoms with van der Waals surface area (Å²) in [5.74, 6) is -0.228. The molecule has 4 N–H and O–H groups in total. The quantitative estimate of drug-likeness (QED) is 0.323. The molecule has 7 heteroatoms. The van der Waals surface area contributed by atoms with Gasteiger partial charge in [0.05, 0.1) is 17.2 Å². The third-order valence-electron chi connectivity index (χ3n) is 2.34. The minimum absolute atomic E-state index is 0.00415. The number of amidine groups is 1. The van der Waals surface area contributed by atoms with Crippen LogP contribution in [-0.4, -0.2) is 28.0 Å². The number of aryl methyl sites for hydroxylation is 1. The molecule has 1 atom stereocenters. The van der Waals surface area contributed by atoms with E-state index in [0.29, 0.717) is 10.6 Å². The molecular weight excluding hydrogens is 240 g/mol. The molecule has 0 saturated carbocycles. The van der Waals surface area contributed by atoms with E-state index in [1.165, 1.54) is 11.3 Å². The maximum atomic E-state index is 11.9. The van der Waals surface area contributed by atoms with Crippen LogP contribution in [0.2, 0.25) is 0 Å². The van der Waals surface area contributed by atoms with Crippen LogP contribution in [0, 0.1) is 12.8 Å². The Balaban J connectivity index is 2.82. The van der Waals surface area contributed by atoms with Gasteiger partial charge < -0.3 is 16.3 Å². The molecule has 94 valence electrons. The highest BCUT2D eigenvalue weighted by Crippen LogP contribution is 2.13. The van der Waals surface area contributed by atoms with Crippen LogP contribution in [0.4, 0.5) is 0 Å². The molecule has 1 unspecified atom stereocenters. The number of hydrogen-bond acceptors (Lipinski definition) is 5.